The molecule has 1 rings (SSSR count). The van der Waals surface area contributed by atoms with Crippen molar-refractivity contribution in [3.05, 3.63) is 23.2 Å². The summed E-state index contributed by atoms with van der Waals surface area (Å²) in [5, 5.41) is 11.8. The minimum Gasteiger partial charge on any atom is -0.466 e. The summed E-state index contributed by atoms with van der Waals surface area (Å²) in [6.07, 6.45) is 1.96. The number of rotatable bonds is 7. The first-order valence-electron chi connectivity index (χ1n) is 6.78. The molecular formula is C14H24N2O3. The lowest BCUT2D eigenvalue weighted by Crippen LogP contribution is -2.41. The summed E-state index contributed by atoms with van der Waals surface area (Å²) in [5.74, 6) is 1.68. The lowest BCUT2D eigenvalue weighted by molar-refractivity contribution is 0.176. The number of aliphatic hydroxyl groups excluding tert-OH is 1. The molecule has 0 spiro atoms. The fraction of sp³-hybridized carbons (Fsp3) is 0.643. The number of nitrogens with zero attached hydrogens (tertiary/aromatic N) is 1. The van der Waals surface area contributed by atoms with Crippen molar-refractivity contribution in [1.82, 2.24) is 10.2 Å². The topological polar surface area (TPSA) is 65.7 Å². The van der Waals surface area contributed by atoms with Crippen LogP contribution < -0.4 is 5.32 Å². The molecule has 0 aliphatic rings. The lowest BCUT2D eigenvalue weighted by atomic mass is 10.2. The van der Waals surface area contributed by atoms with Crippen LogP contribution in [0.25, 0.3) is 0 Å². The summed E-state index contributed by atoms with van der Waals surface area (Å²) in [6, 6.07) is 1.79. The Morgan fingerprint density at radius 3 is 2.68 bits per heavy atom. The normalized spacial score (nSPS) is 10.5. The molecule has 1 aromatic heterocycles. The molecule has 108 valence electrons. The number of unbranched alkanes of at least 4 members (excludes halogenated alkanes) is 1. The first-order chi connectivity index (χ1) is 9.08. The van der Waals surface area contributed by atoms with E-state index in [1.807, 2.05) is 19.9 Å². The summed E-state index contributed by atoms with van der Waals surface area (Å²) in [7, 11) is 0. The zero-order valence-corrected chi connectivity index (χ0v) is 12.0. The largest absolute Gasteiger partial charge is 0.466 e. The van der Waals surface area contributed by atoms with Crippen molar-refractivity contribution < 1.29 is 14.3 Å². The molecule has 0 aliphatic carbocycles. The predicted molar refractivity (Wildman–Crippen MR) is 74.0 cm³/mol. The van der Waals surface area contributed by atoms with Gasteiger partial charge in [-0.05, 0) is 26.3 Å². The van der Waals surface area contributed by atoms with Crippen LogP contribution in [0.15, 0.2) is 10.5 Å². The molecule has 5 nitrogen and oxygen atoms in total. The Kier molecular flexibility index (Phi) is 6.42. The van der Waals surface area contributed by atoms with Crippen molar-refractivity contribution in [1.29, 1.82) is 0 Å². The molecule has 19 heavy (non-hydrogen) atoms. The third-order valence-corrected chi connectivity index (χ3v) is 3.01. The molecule has 0 bridgehead atoms. The molecule has 0 atom stereocenters. The zero-order chi connectivity index (χ0) is 14.3. The van der Waals surface area contributed by atoms with Gasteiger partial charge in [0.1, 0.15) is 11.5 Å². The van der Waals surface area contributed by atoms with Crippen LogP contribution in [0.3, 0.4) is 0 Å². The Morgan fingerprint density at radius 2 is 2.16 bits per heavy atom. The van der Waals surface area contributed by atoms with Crippen LogP contribution in [-0.4, -0.2) is 35.7 Å². The second-order valence-electron chi connectivity index (χ2n) is 4.66. The number of hydrogen-bond donors (Lipinski definition) is 2. The standard InChI is InChI=1S/C14H24N2O3/c1-4-5-6-16(7-8-17)14(18)15-10-13-9-11(2)19-12(13)3/h9,17H,4-8,10H2,1-3H3,(H,15,18). The van der Waals surface area contributed by atoms with E-state index < -0.39 is 0 Å². The Morgan fingerprint density at radius 1 is 1.42 bits per heavy atom. The number of amides is 2. The van der Waals surface area contributed by atoms with Crippen molar-refractivity contribution in [3.8, 4) is 0 Å². The van der Waals surface area contributed by atoms with E-state index in [0.29, 0.717) is 19.6 Å². The minimum absolute atomic E-state index is 0.0129. The van der Waals surface area contributed by atoms with Crippen molar-refractivity contribution >= 4 is 6.03 Å². The molecular weight excluding hydrogens is 244 g/mol. The molecule has 0 unspecified atom stereocenters. The van der Waals surface area contributed by atoms with Crippen LogP contribution in [0.2, 0.25) is 0 Å². The van der Waals surface area contributed by atoms with Gasteiger partial charge in [-0.3, -0.25) is 0 Å². The van der Waals surface area contributed by atoms with Crippen molar-refractivity contribution in [2.45, 2.75) is 40.2 Å². The van der Waals surface area contributed by atoms with Gasteiger partial charge in [-0.2, -0.15) is 0 Å². The van der Waals surface area contributed by atoms with Crippen LogP contribution in [0.5, 0.6) is 0 Å². The quantitative estimate of drug-likeness (QED) is 0.796. The highest BCUT2D eigenvalue weighted by atomic mass is 16.3. The van der Waals surface area contributed by atoms with Gasteiger partial charge in [-0.1, -0.05) is 13.3 Å². The third-order valence-electron chi connectivity index (χ3n) is 3.01. The highest BCUT2D eigenvalue weighted by Crippen LogP contribution is 2.13. The summed E-state index contributed by atoms with van der Waals surface area (Å²) in [6.45, 7) is 7.33. The fourth-order valence-electron chi connectivity index (χ4n) is 1.93. The SMILES string of the molecule is CCCCN(CCO)C(=O)NCc1cc(C)oc1C. The summed E-state index contributed by atoms with van der Waals surface area (Å²) in [4.78, 5) is 13.6. The van der Waals surface area contributed by atoms with Gasteiger partial charge in [0.15, 0.2) is 0 Å². The Hall–Kier alpha value is -1.49. The molecule has 0 saturated carbocycles. The summed E-state index contributed by atoms with van der Waals surface area (Å²) < 4.78 is 5.41. The van der Waals surface area contributed by atoms with E-state index in [-0.39, 0.29) is 12.6 Å². The Labute approximate surface area is 114 Å². The molecule has 0 aliphatic heterocycles. The number of furan rings is 1. The van der Waals surface area contributed by atoms with Crippen LogP contribution in [0.1, 0.15) is 36.8 Å². The number of aliphatic hydroxyl groups is 1. The van der Waals surface area contributed by atoms with Crippen molar-refractivity contribution in [3.63, 3.8) is 0 Å². The molecule has 1 aromatic rings. The van der Waals surface area contributed by atoms with E-state index in [1.165, 1.54) is 0 Å². The van der Waals surface area contributed by atoms with Crippen LogP contribution >= 0.6 is 0 Å². The molecule has 0 fully saturated rings. The van der Waals surface area contributed by atoms with Gasteiger partial charge >= 0.3 is 6.03 Å². The maximum atomic E-state index is 12.0. The summed E-state index contributed by atoms with van der Waals surface area (Å²) >= 11 is 0. The van der Waals surface area contributed by atoms with Crippen molar-refractivity contribution in [2.24, 2.45) is 0 Å². The van der Waals surface area contributed by atoms with E-state index in [1.54, 1.807) is 4.90 Å². The van der Waals surface area contributed by atoms with Gasteiger partial charge < -0.3 is 19.7 Å². The molecule has 2 N–H and O–H groups in total. The first kappa shape index (κ1) is 15.6. The highest BCUT2D eigenvalue weighted by Gasteiger charge is 2.13. The molecule has 5 heteroatoms. The molecule has 1 heterocycles. The number of carbonyl (C=O) groups excluding carboxylic acids is 1. The third kappa shape index (κ3) is 4.95. The average molecular weight is 268 g/mol. The second kappa shape index (κ2) is 7.84. The monoisotopic (exact) mass is 268 g/mol. The first-order valence-corrected chi connectivity index (χ1v) is 6.78. The highest BCUT2D eigenvalue weighted by molar-refractivity contribution is 5.74. The van der Waals surface area contributed by atoms with E-state index in [2.05, 4.69) is 12.2 Å². The number of carbonyl (C=O) groups is 1. The number of nitrogens with one attached hydrogen (secondary N) is 1. The van der Waals surface area contributed by atoms with Gasteiger partial charge in [0, 0.05) is 25.2 Å². The van der Waals surface area contributed by atoms with Gasteiger partial charge in [0.2, 0.25) is 0 Å². The molecule has 0 radical (unpaired) electrons. The second-order valence-corrected chi connectivity index (χ2v) is 4.66. The summed E-state index contributed by atoms with van der Waals surface area (Å²) in [5.41, 5.74) is 0.991. The average Bonchev–Trinajstić information content (AvgIpc) is 2.70. The number of urea groups is 1. The zero-order valence-electron chi connectivity index (χ0n) is 12.0. The predicted octanol–water partition coefficient (Wildman–Crippen LogP) is 2.20. The van der Waals surface area contributed by atoms with Gasteiger partial charge in [-0.15, -0.1) is 0 Å². The Balaban J connectivity index is 2.49. The van der Waals surface area contributed by atoms with Gasteiger partial charge in [0.05, 0.1) is 6.61 Å². The smallest absolute Gasteiger partial charge is 0.317 e. The number of aryl methyl sites for hydroxylation is 2. The fourth-order valence-corrected chi connectivity index (χ4v) is 1.93. The van der Waals surface area contributed by atoms with Crippen LogP contribution in [0, 0.1) is 13.8 Å². The molecule has 2 amide bonds. The minimum atomic E-state index is -0.138. The molecule has 0 saturated heterocycles. The van der Waals surface area contributed by atoms with E-state index in [0.717, 1.165) is 29.9 Å². The van der Waals surface area contributed by atoms with E-state index in [9.17, 15) is 4.79 Å². The van der Waals surface area contributed by atoms with E-state index >= 15 is 0 Å². The molecule has 0 aromatic carbocycles. The number of hydrogen-bond acceptors (Lipinski definition) is 3. The van der Waals surface area contributed by atoms with E-state index in [4.69, 9.17) is 9.52 Å². The van der Waals surface area contributed by atoms with Gasteiger partial charge in [-0.25, -0.2) is 4.79 Å². The lowest BCUT2D eigenvalue weighted by Gasteiger charge is -2.21. The van der Waals surface area contributed by atoms with Crippen molar-refractivity contribution in [2.75, 3.05) is 19.7 Å². The van der Waals surface area contributed by atoms with Crippen LogP contribution in [-0.2, 0) is 6.54 Å². The Bertz CT molecular complexity index is 401. The van der Waals surface area contributed by atoms with Crippen LogP contribution in [0.4, 0.5) is 4.79 Å². The maximum Gasteiger partial charge on any atom is 0.317 e. The van der Waals surface area contributed by atoms with Gasteiger partial charge in [0.25, 0.3) is 0 Å². The maximum absolute atomic E-state index is 12.0.